The van der Waals surface area contributed by atoms with E-state index in [1.54, 1.807) is 0 Å². The second-order valence-electron chi connectivity index (χ2n) is 4.96. The van der Waals surface area contributed by atoms with E-state index >= 15 is 0 Å². The molecule has 1 amide bonds. The van der Waals surface area contributed by atoms with Crippen LogP contribution in [0.3, 0.4) is 0 Å². The highest BCUT2D eigenvalue weighted by atomic mass is 127. The molecule has 0 spiro atoms. The summed E-state index contributed by atoms with van der Waals surface area (Å²) in [5.41, 5.74) is 10.2. The number of amides is 1. The monoisotopic (exact) mass is 378 g/mol. The average Bonchev–Trinajstić information content (AvgIpc) is 2.47. The van der Waals surface area contributed by atoms with Crippen LogP contribution in [0.2, 0.25) is 0 Å². The minimum atomic E-state index is -0.204. The molecule has 4 heteroatoms. The van der Waals surface area contributed by atoms with E-state index in [2.05, 4.69) is 34.0 Å². The predicted octanol–water partition coefficient (Wildman–Crippen LogP) is 2.63. The van der Waals surface area contributed by atoms with Crippen LogP contribution in [-0.2, 0) is 6.42 Å². The van der Waals surface area contributed by atoms with Gasteiger partial charge in [0.15, 0.2) is 0 Å². The molecule has 0 radical (unpaired) electrons. The highest BCUT2D eigenvalue weighted by Crippen LogP contribution is 2.24. The maximum atomic E-state index is 11.9. The molecule has 102 valence electrons. The van der Waals surface area contributed by atoms with Crippen molar-refractivity contribution in [1.82, 2.24) is 5.32 Å². The van der Waals surface area contributed by atoms with Crippen molar-refractivity contribution in [3.8, 4) is 0 Å². The Balaban J connectivity index is 1.98. The highest BCUT2D eigenvalue weighted by molar-refractivity contribution is 14.1. The van der Waals surface area contributed by atoms with E-state index in [1.165, 1.54) is 0 Å². The number of hydrogen-bond acceptors (Lipinski definition) is 2. The summed E-state index contributed by atoms with van der Waals surface area (Å²) in [6.45, 7) is 0.716. The molecule has 1 heterocycles. The van der Waals surface area contributed by atoms with Crippen molar-refractivity contribution in [2.24, 2.45) is 5.73 Å². The number of rotatable bonds is 2. The molecule has 20 heavy (non-hydrogen) atoms. The Morgan fingerprint density at radius 1 is 1.15 bits per heavy atom. The second kappa shape index (κ2) is 5.54. The van der Waals surface area contributed by atoms with Crippen molar-refractivity contribution in [3.63, 3.8) is 0 Å². The van der Waals surface area contributed by atoms with E-state index < -0.39 is 0 Å². The molecule has 1 aliphatic rings. The number of carbonyl (C=O) groups is 1. The maximum Gasteiger partial charge on any atom is 0.251 e. The third-order valence-corrected chi connectivity index (χ3v) is 4.30. The molecule has 2 aromatic rings. The van der Waals surface area contributed by atoms with Crippen molar-refractivity contribution in [1.29, 1.82) is 0 Å². The molecule has 1 unspecified atom stereocenters. The minimum Gasteiger partial charge on any atom is -0.352 e. The van der Waals surface area contributed by atoms with Crippen LogP contribution < -0.4 is 11.1 Å². The third-order valence-electron chi connectivity index (χ3n) is 3.63. The van der Waals surface area contributed by atoms with E-state index in [0.29, 0.717) is 6.54 Å². The highest BCUT2D eigenvalue weighted by Gasteiger charge is 2.18. The van der Waals surface area contributed by atoms with Crippen LogP contribution in [0, 0.1) is 3.57 Å². The zero-order chi connectivity index (χ0) is 14.1. The van der Waals surface area contributed by atoms with Crippen LogP contribution in [0.1, 0.15) is 33.1 Å². The molecule has 3 rings (SSSR count). The van der Waals surface area contributed by atoms with Gasteiger partial charge in [0.05, 0.1) is 6.04 Å². The zero-order valence-electron chi connectivity index (χ0n) is 10.9. The molecule has 0 bridgehead atoms. The molecule has 0 saturated carbocycles. The summed E-state index contributed by atoms with van der Waals surface area (Å²) in [6.07, 6.45) is 0.889. The number of fused-ring (bicyclic) bond motifs is 1. The Hall–Kier alpha value is -1.40. The molecule has 0 saturated heterocycles. The predicted molar refractivity (Wildman–Crippen MR) is 87.7 cm³/mol. The number of benzene rings is 2. The van der Waals surface area contributed by atoms with Crippen molar-refractivity contribution in [3.05, 3.63) is 68.3 Å². The Bertz CT molecular complexity index is 669. The molecule has 3 nitrogen and oxygen atoms in total. The fourth-order valence-electron chi connectivity index (χ4n) is 2.52. The van der Waals surface area contributed by atoms with Gasteiger partial charge in [0.1, 0.15) is 0 Å². The van der Waals surface area contributed by atoms with Gasteiger partial charge >= 0.3 is 0 Å². The number of hydrogen-bond donors (Lipinski definition) is 2. The van der Waals surface area contributed by atoms with Gasteiger partial charge in [-0.2, -0.15) is 0 Å². The maximum absolute atomic E-state index is 11.9. The van der Waals surface area contributed by atoms with Crippen LogP contribution in [-0.4, -0.2) is 12.5 Å². The smallest absolute Gasteiger partial charge is 0.251 e. The van der Waals surface area contributed by atoms with Gasteiger partial charge in [-0.05, 0) is 63.9 Å². The Morgan fingerprint density at radius 3 is 2.75 bits per heavy atom. The first-order chi connectivity index (χ1) is 9.65. The summed E-state index contributed by atoms with van der Waals surface area (Å²) in [4.78, 5) is 11.9. The van der Waals surface area contributed by atoms with E-state index in [1.807, 2.05) is 36.4 Å². The van der Waals surface area contributed by atoms with Gasteiger partial charge in [-0.1, -0.05) is 24.3 Å². The van der Waals surface area contributed by atoms with Gasteiger partial charge in [0, 0.05) is 15.7 Å². The Kier molecular flexibility index (Phi) is 3.76. The molecule has 1 aliphatic heterocycles. The first kappa shape index (κ1) is 13.6. The van der Waals surface area contributed by atoms with E-state index in [4.69, 9.17) is 5.73 Å². The van der Waals surface area contributed by atoms with Crippen molar-refractivity contribution in [2.45, 2.75) is 12.5 Å². The quantitative estimate of drug-likeness (QED) is 0.790. The van der Waals surface area contributed by atoms with Gasteiger partial charge in [0.2, 0.25) is 0 Å². The Morgan fingerprint density at radius 2 is 1.95 bits per heavy atom. The lowest BCUT2D eigenvalue weighted by Gasteiger charge is -2.19. The molecule has 3 N–H and O–H groups in total. The van der Waals surface area contributed by atoms with E-state index in [-0.39, 0.29) is 11.9 Å². The first-order valence-electron chi connectivity index (χ1n) is 6.57. The third kappa shape index (κ3) is 2.58. The lowest BCUT2D eigenvalue weighted by Crippen LogP contribution is -2.32. The zero-order valence-corrected chi connectivity index (χ0v) is 13.1. The van der Waals surface area contributed by atoms with Crippen LogP contribution in [0.15, 0.2) is 42.5 Å². The molecular weight excluding hydrogens is 363 g/mol. The lowest BCUT2D eigenvalue weighted by molar-refractivity contribution is 0.0946. The largest absolute Gasteiger partial charge is 0.352 e. The first-order valence-corrected chi connectivity index (χ1v) is 7.65. The SMILES string of the molecule is NC(c1cccc(I)c1)c1ccc2c(c1)C(=O)NCC2. The standard InChI is InChI=1S/C16H15IN2O/c17-13-3-1-2-11(8-13)15(18)12-5-4-10-6-7-19-16(20)14(10)9-12/h1-5,8-9,15H,6-7,18H2,(H,19,20). The van der Waals surface area contributed by atoms with Crippen LogP contribution in [0.25, 0.3) is 0 Å². The summed E-state index contributed by atoms with van der Waals surface area (Å²) < 4.78 is 1.16. The number of nitrogens with one attached hydrogen (secondary N) is 1. The van der Waals surface area contributed by atoms with Crippen molar-refractivity contribution in [2.75, 3.05) is 6.54 Å². The molecule has 0 aliphatic carbocycles. The van der Waals surface area contributed by atoms with Gasteiger partial charge in [0.25, 0.3) is 5.91 Å². The Labute approximate surface area is 131 Å². The fourth-order valence-corrected chi connectivity index (χ4v) is 3.08. The summed E-state index contributed by atoms with van der Waals surface area (Å²) in [6, 6.07) is 13.9. The lowest BCUT2D eigenvalue weighted by atomic mass is 9.93. The fraction of sp³-hybridized carbons (Fsp3) is 0.188. The molecule has 0 aromatic heterocycles. The summed E-state index contributed by atoms with van der Waals surface area (Å²) in [5.74, 6) is 0.00272. The summed E-state index contributed by atoms with van der Waals surface area (Å²) >= 11 is 2.28. The van der Waals surface area contributed by atoms with E-state index in [0.717, 1.165) is 32.2 Å². The second-order valence-corrected chi connectivity index (χ2v) is 6.20. The van der Waals surface area contributed by atoms with Crippen LogP contribution >= 0.6 is 22.6 Å². The molecular formula is C16H15IN2O. The van der Waals surface area contributed by atoms with E-state index in [9.17, 15) is 4.79 Å². The van der Waals surface area contributed by atoms with Gasteiger partial charge in [-0.15, -0.1) is 0 Å². The van der Waals surface area contributed by atoms with Crippen molar-refractivity contribution < 1.29 is 4.79 Å². The molecule has 2 aromatic carbocycles. The summed E-state index contributed by atoms with van der Waals surface area (Å²) in [7, 11) is 0. The summed E-state index contributed by atoms with van der Waals surface area (Å²) in [5, 5.41) is 2.87. The van der Waals surface area contributed by atoms with Crippen LogP contribution in [0.4, 0.5) is 0 Å². The topological polar surface area (TPSA) is 55.1 Å². The van der Waals surface area contributed by atoms with Crippen molar-refractivity contribution >= 4 is 28.5 Å². The van der Waals surface area contributed by atoms with Gasteiger partial charge < -0.3 is 11.1 Å². The average molecular weight is 378 g/mol. The number of carbonyl (C=O) groups excluding carboxylic acids is 1. The molecule has 0 fully saturated rings. The van der Waals surface area contributed by atoms with Gasteiger partial charge in [-0.3, -0.25) is 4.79 Å². The van der Waals surface area contributed by atoms with Crippen LogP contribution in [0.5, 0.6) is 0 Å². The number of nitrogens with two attached hydrogens (primary N) is 1. The number of halogens is 1. The minimum absolute atomic E-state index is 0.00272. The normalized spacial score (nSPS) is 15.4. The molecule has 1 atom stereocenters. The van der Waals surface area contributed by atoms with Gasteiger partial charge in [-0.25, -0.2) is 0 Å².